The van der Waals surface area contributed by atoms with Gasteiger partial charge in [-0.05, 0) is 41.6 Å². The lowest BCUT2D eigenvalue weighted by molar-refractivity contribution is 0.287. The van der Waals surface area contributed by atoms with Crippen LogP contribution in [0, 0.1) is 0 Å². The van der Waals surface area contributed by atoms with Crippen LogP contribution < -0.4 is 5.32 Å². The van der Waals surface area contributed by atoms with Gasteiger partial charge in [-0.3, -0.25) is 0 Å². The second-order valence-electron chi connectivity index (χ2n) is 5.81. The van der Waals surface area contributed by atoms with Crippen molar-refractivity contribution in [2.24, 2.45) is 0 Å². The molecule has 0 saturated carbocycles. The predicted octanol–water partition coefficient (Wildman–Crippen LogP) is 4.08. The van der Waals surface area contributed by atoms with Crippen molar-refractivity contribution >= 4 is 38.9 Å². The number of hydrogen-bond donors (Lipinski definition) is 2. The molecule has 0 unspecified atom stereocenters. The largest absolute Gasteiger partial charge is 0.396 e. The molecule has 0 bridgehead atoms. The molecule has 3 aromatic rings. The maximum absolute atomic E-state index is 9.07. The molecule has 2 aromatic heterocycles. The number of aryl methyl sites for hydroxylation is 1. The van der Waals surface area contributed by atoms with Crippen molar-refractivity contribution in [1.29, 1.82) is 0 Å². The van der Waals surface area contributed by atoms with Crippen LogP contribution in [0.1, 0.15) is 28.7 Å². The molecule has 1 aliphatic rings. The molecule has 2 N–H and O–H groups in total. The summed E-state index contributed by atoms with van der Waals surface area (Å²) in [5.41, 5.74) is 2.19. The molecular weight excluding hydrogens is 400 g/mol. The third kappa shape index (κ3) is 3.40. The number of aliphatic hydroxyl groups is 1. The van der Waals surface area contributed by atoms with Crippen LogP contribution in [0.5, 0.6) is 0 Å². The quantitative estimate of drug-likeness (QED) is 0.657. The number of thiophene rings is 1. The van der Waals surface area contributed by atoms with E-state index in [0.717, 1.165) is 27.5 Å². The lowest BCUT2D eigenvalue weighted by Crippen LogP contribution is -2.20. The number of rotatable bonds is 5. The Labute approximate surface area is 158 Å². The van der Waals surface area contributed by atoms with E-state index >= 15 is 0 Å². The Morgan fingerprint density at radius 3 is 2.96 bits per heavy atom. The van der Waals surface area contributed by atoms with Gasteiger partial charge < -0.3 is 10.4 Å². The molecular formula is C18H17BrN4OS. The second kappa shape index (κ2) is 7.11. The molecule has 0 spiro atoms. The molecule has 7 heteroatoms. The first-order chi connectivity index (χ1) is 12.2. The number of allylic oxidation sites excluding steroid dienone is 1. The first-order valence-electron chi connectivity index (χ1n) is 8.09. The number of nitrogens with zero attached hydrogens (tertiary/aromatic N) is 3. The van der Waals surface area contributed by atoms with Gasteiger partial charge in [-0.1, -0.05) is 34.1 Å². The van der Waals surface area contributed by atoms with Crippen molar-refractivity contribution < 1.29 is 5.11 Å². The van der Waals surface area contributed by atoms with E-state index in [2.05, 4.69) is 61.0 Å². The summed E-state index contributed by atoms with van der Waals surface area (Å²) in [4.78, 5) is 5.80. The molecule has 1 atom stereocenters. The highest BCUT2D eigenvalue weighted by Gasteiger charge is 2.25. The molecule has 0 amide bonds. The maximum atomic E-state index is 9.07. The standard InChI is InChI=1S/C18H17BrN4OS/c19-13-5-1-4-12(10-13)15-11-14(16-6-3-9-25-16)20-18-21-17(7-2-8-24)22-23(15)18/h1,3-6,9-11,15,24H,2,7-8H2,(H,20,21,22)/t15-/m1/s1. The van der Waals surface area contributed by atoms with E-state index in [0.29, 0.717) is 12.8 Å². The van der Waals surface area contributed by atoms with Gasteiger partial charge in [0.15, 0.2) is 5.82 Å². The fraction of sp³-hybridized carbons (Fsp3) is 0.222. The Hall–Kier alpha value is -1.96. The fourth-order valence-electron chi connectivity index (χ4n) is 2.88. The molecule has 0 saturated heterocycles. The number of hydrogen-bond acceptors (Lipinski definition) is 5. The monoisotopic (exact) mass is 416 g/mol. The average molecular weight is 417 g/mol. The Morgan fingerprint density at radius 2 is 2.20 bits per heavy atom. The van der Waals surface area contributed by atoms with Crippen LogP contribution in [0.15, 0.2) is 52.3 Å². The number of benzene rings is 1. The van der Waals surface area contributed by atoms with E-state index in [-0.39, 0.29) is 12.6 Å². The fourth-order valence-corrected chi connectivity index (χ4v) is 4.01. The number of fused-ring (bicyclic) bond motifs is 1. The highest BCUT2D eigenvalue weighted by molar-refractivity contribution is 9.10. The first kappa shape index (κ1) is 16.5. The van der Waals surface area contributed by atoms with E-state index in [1.807, 2.05) is 22.9 Å². The molecule has 1 aromatic carbocycles. The molecule has 0 aliphatic carbocycles. The summed E-state index contributed by atoms with van der Waals surface area (Å²) in [6.45, 7) is 0.144. The molecule has 25 heavy (non-hydrogen) atoms. The molecule has 0 fully saturated rings. The number of halogens is 1. The van der Waals surface area contributed by atoms with Gasteiger partial charge in [-0.2, -0.15) is 10.1 Å². The maximum Gasteiger partial charge on any atom is 0.226 e. The average Bonchev–Trinajstić information content (AvgIpc) is 3.28. The SMILES string of the molecule is OCCCc1nc2n(n1)[C@@H](c1cccc(Br)c1)C=C(c1cccs1)N2. The lowest BCUT2D eigenvalue weighted by atomic mass is 10.0. The van der Waals surface area contributed by atoms with Gasteiger partial charge in [0.1, 0.15) is 6.04 Å². The summed E-state index contributed by atoms with van der Waals surface area (Å²) in [6, 6.07) is 12.4. The third-order valence-corrected chi connectivity index (χ3v) is 5.44. The van der Waals surface area contributed by atoms with Crippen molar-refractivity contribution in [2.75, 3.05) is 11.9 Å². The minimum Gasteiger partial charge on any atom is -0.396 e. The predicted molar refractivity (Wildman–Crippen MR) is 104 cm³/mol. The van der Waals surface area contributed by atoms with Crippen LogP contribution in [-0.2, 0) is 6.42 Å². The zero-order valence-corrected chi connectivity index (χ0v) is 15.8. The zero-order chi connectivity index (χ0) is 17.2. The van der Waals surface area contributed by atoms with Crippen LogP contribution in [0.25, 0.3) is 5.70 Å². The Morgan fingerprint density at radius 1 is 1.28 bits per heavy atom. The molecule has 3 heterocycles. The van der Waals surface area contributed by atoms with E-state index < -0.39 is 0 Å². The number of aliphatic hydroxyl groups excluding tert-OH is 1. The van der Waals surface area contributed by atoms with E-state index in [4.69, 9.17) is 5.11 Å². The summed E-state index contributed by atoms with van der Waals surface area (Å²) >= 11 is 5.25. The van der Waals surface area contributed by atoms with Crippen molar-refractivity contribution in [2.45, 2.75) is 18.9 Å². The van der Waals surface area contributed by atoms with E-state index in [9.17, 15) is 0 Å². The molecule has 128 valence electrons. The Bertz CT molecular complexity index is 904. The topological polar surface area (TPSA) is 63.0 Å². The molecule has 0 radical (unpaired) electrons. The number of aromatic nitrogens is 3. The summed E-state index contributed by atoms with van der Waals surface area (Å²) in [5.74, 6) is 1.49. The number of anilines is 1. The van der Waals surface area contributed by atoms with Gasteiger partial charge in [0, 0.05) is 17.5 Å². The van der Waals surface area contributed by atoms with Gasteiger partial charge in [0.2, 0.25) is 5.95 Å². The minimum absolute atomic E-state index is 0.0266. The van der Waals surface area contributed by atoms with Gasteiger partial charge in [0.05, 0.1) is 10.6 Å². The van der Waals surface area contributed by atoms with Crippen molar-refractivity contribution in [1.82, 2.24) is 14.8 Å². The van der Waals surface area contributed by atoms with Gasteiger partial charge in [-0.25, -0.2) is 4.68 Å². The summed E-state index contributed by atoms with van der Waals surface area (Å²) in [5, 5.41) is 19.2. The Balaban J connectivity index is 1.77. The second-order valence-corrected chi connectivity index (χ2v) is 7.67. The third-order valence-electron chi connectivity index (χ3n) is 4.04. The molecule has 5 nitrogen and oxygen atoms in total. The van der Waals surface area contributed by atoms with Crippen LogP contribution in [-0.4, -0.2) is 26.5 Å². The van der Waals surface area contributed by atoms with Gasteiger partial charge >= 0.3 is 0 Å². The smallest absolute Gasteiger partial charge is 0.226 e. The Kier molecular flexibility index (Phi) is 4.70. The highest BCUT2D eigenvalue weighted by Crippen LogP contribution is 2.34. The van der Waals surface area contributed by atoms with Crippen molar-refractivity contribution in [3.63, 3.8) is 0 Å². The summed E-state index contributed by atoms with van der Waals surface area (Å²) < 4.78 is 2.96. The number of nitrogens with one attached hydrogen (secondary N) is 1. The van der Waals surface area contributed by atoms with Crippen LogP contribution >= 0.6 is 27.3 Å². The van der Waals surface area contributed by atoms with Crippen LogP contribution in [0.2, 0.25) is 0 Å². The molecule has 1 aliphatic heterocycles. The zero-order valence-electron chi connectivity index (χ0n) is 13.4. The summed E-state index contributed by atoms with van der Waals surface area (Å²) in [6.07, 6.45) is 3.51. The first-order valence-corrected chi connectivity index (χ1v) is 9.76. The minimum atomic E-state index is -0.0266. The summed E-state index contributed by atoms with van der Waals surface area (Å²) in [7, 11) is 0. The van der Waals surface area contributed by atoms with E-state index in [1.165, 1.54) is 4.88 Å². The van der Waals surface area contributed by atoms with Crippen LogP contribution in [0.4, 0.5) is 5.95 Å². The normalized spacial score (nSPS) is 16.2. The van der Waals surface area contributed by atoms with Crippen molar-refractivity contribution in [3.8, 4) is 0 Å². The lowest BCUT2D eigenvalue weighted by Gasteiger charge is -2.23. The van der Waals surface area contributed by atoms with Gasteiger partial charge in [-0.15, -0.1) is 11.3 Å². The highest BCUT2D eigenvalue weighted by atomic mass is 79.9. The van der Waals surface area contributed by atoms with Crippen LogP contribution in [0.3, 0.4) is 0 Å². The van der Waals surface area contributed by atoms with Gasteiger partial charge in [0.25, 0.3) is 0 Å². The van der Waals surface area contributed by atoms with Crippen molar-refractivity contribution in [3.05, 3.63) is 68.6 Å². The molecule has 4 rings (SSSR count). The van der Waals surface area contributed by atoms with E-state index in [1.54, 1.807) is 11.3 Å².